The second-order valence-electron chi connectivity index (χ2n) is 2.80. The van der Waals surface area contributed by atoms with Crippen molar-refractivity contribution >= 4 is 17.5 Å². The molecule has 0 unspecified atom stereocenters. The minimum absolute atomic E-state index is 0.0260. The normalized spacial score (nSPS) is 10.0. The van der Waals surface area contributed by atoms with E-state index < -0.39 is 5.91 Å². The Kier molecular flexibility index (Phi) is 3.76. The average Bonchev–Trinajstić information content (AvgIpc) is 2.20. The Morgan fingerprint density at radius 1 is 1.33 bits per heavy atom. The van der Waals surface area contributed by atoms with Gasteiger partial charge in [0.2, 0.25) is 0 Å². The highest BCUT2D eigenvalue weighted by Gasteiger charge is 2.13. The molecule has 0 heterocycles. The summed E-state index contributed by atoms with van der Waals surface area (Å²) in [5.74, 6) is -1.23. The number of aliphatic hydroxyl groups is 1. The molecule has 6 heteroatoms. The zero-order chi connectivity index (χ0) is 11.4. The number of nitrogens with one attached hydrogen (secondary N) is 1. The summed E-state index contributed by atoms with van der Waals surface area (Å²) in [5.41, 5.74) is -0.0498. The zero-order valence-electron chi connectivity index (χ0n) is 7.70. The van der Waals surface area contributed by atoms with E-state index in [1.807, 2.05) is 0 Å². The highest BCUT2D eigenvalue weighted by molar-refractivity contribution is 6.32. The van der Waals surface area contributed by atoms with Crippen molar-refractivity contribution in [1.82, 2.24) is 5.32 Å². The first-order valence-electron chi connectivity index (χ1n) is 4.16. The summed E-state index contributed by atoms with van der Waals surface area (Å²) in [5, 5.41) is 29.3. The minimum Gasteiger partial charge on any atom is -0.507 e. The fourth-order valence-electron chi connectivity index (χ4n) is 0.997. The van der Waals surface area contributed by atoms with Crippen molar-refractivity contribution in [2.24, 2.45) is 0 Å². The summed E-state index contributed by atoms with van der Waals surface area (Å²) < 4.78 is 0. The first kappa shape index (κ1) is 11.6. The van der Waals surface area contributed by atoms with Crippen LogP contribution in [0.1, 0.15) is 10.4 Å². The van der Waals surface area contributed by atoms with E-state index in [9.17, 15) is 9.90 Å². The van der Waals surface area contributed by atoms with Crippen LogP contribution in [-0.4, -0.2) is 34.4 Å². The summed E-state index contributed by atoms with van der Waals surface area (Å²) in [6.45, 7) is -0.116. The maximum Gasteiger partial charge on any atom is 0.255 e. The van der Waals surface area contributed by atoms with Gasteiger partial charge in [0.15, 0.2) is 0 Å². The fourth-order valence-corrected chi connectivity index (χ4v) is 1.16. The Morgan fingerprint density at radius 3 is 2.60 bits per heavy atom. The molecule has 0 aromatic heterocycles. The van der Waals surface area contributed by atoms with Gasteiger partial charge in [0.1, 0.15) is 11.5 Å². The van der Waals surface area contributed by atoms with Crippen molar-refractivity contribution < 1.29 is 20.1 Å². The van der Waals surface area contributed by atoms with Gasteiger partial charge in [-0.1, -0.05) is 11.6 Å². The standard InChI is InChI=1S/C9H10ClNO4/c10-6-3-5(7(13)4-8(6)14)9(15)11-1-2-12/h3-4,12-14H,1-2H2,(H,11,15). The number of aromatic hydroxyl groups is 2. The number of rotatable bonds is 3. The number of hydrogen-bond acceptors (Lipinski definition) is 4. The van der Waals surface area contributed by atoms with E-state index in [0.29, 0.717) is 0 Å². The number of hydrogen-bond donors (Lipinski definition) is 4. The van der Waals surface area contributed by atoms with Gasteiger partial charge in [-0.25, -0.2) is 0 Å². The molecule has 0 aliphatic rings. The van der Waals surface area contributed by atoms with Crippen LogP contribution in [0.3, 0.4) is 0 Å². The fraction of sp³-hybridized carbons (Fsp3) is 0.222. The molecule has 0 aliphatic heterocycles. The molecule has 4 N–H and O–H groups in total. The Hall–Kier alpha value is -1.46. The second-order valence-corrected chi connectivity index (χ2v) is 3.21. The molecule has 0 saturated heterocycles. The molecule has 0 aliphatic carbocycles. The Morgan fingerprint density at radius 2 is 2.00 bits per heavy atom. The Labute approximate surface area is 90.9 Å². The molecule has 0 bridgehead atoms. The van der Waals surface area contributed by atoms with E-state index in [-0.39, 0.29) is 35.2 Å². The van der Waals surface area contributed by atoms with Crippen molar-refractivity contribution in [3.8, 4) is 11.5 Å². The average molecular weight is 232 g/mol. The third kappa shape index (κ3) is 2.74. The van der Waals surface area contributed by atoms with Crippen LogP contribution in [-0.2, 0) is 0 Å². The van der Waals surface area contributed by atoms with Gasteiger partial charge in [-0.3, -0.25) is 4.79 Å². The zero-order valence-corrected chi connectivity index (χ0v) is 8.45. The number of amides is 1. The molecule has 0 spiro atoms. The van der Waals surface area contributed by atoms with E-state index in [1.54, 1.807) is 0 Å². The number of benzene rings is 1. The van der Waals surface area contributed by atoms with E-state index >= 15 is 0 Å². The molecular weight excluding hydrogens is 222 g/mol. The van der Waals surface area contributed by atoms with Crippen LogP contribution in [0, 0.1) is 0 Å². The van der Waals surface area contributed by atoms with Gasteiger partial charge in [-0.15, -0.1) is 0 Å². The van der Waals surface area contributed by atoms with Gasteiger partial charge >= 0.3 is 0 Å². The molecule has 82 valence electrons. The van der Waals surface area contributed by atoms with Crippen LogP contribution in [0.25, 0.3) is 0 Å². The predicted octanol–water partition coefficient (Wildman–Crippen LogP) is 0.473. The van der Waals surface area contributed by atoms with E-state index in [4.69, 9.17) is 21.8 Å². The van der Waals surface area contributed by atoms with Crippen LogP contribution in [0.2, 0.25) is 5.02 Å². The molecule has 0 fully saturated rings. The Balaban J connectivity index is 2.94. The summed E-state index contributed by atoms with van der Waals surface area (Å²) >= 11 is 5.57. The molecule has 1 aromatic rings. The summed E-state index contributed by atoms with van der Waals surface area (Å²) in [7, 11) is 0. The van der Waals surface area contributed by atoms with Gasteiger partial charge < -0.3 is 20.6 Å². The smallest absolute Gasteiger partial charge is 0.255 e. The van der Waals surface area contributed by atoms with Crippen molar-refractivity contribution in [1.29, 1.82) is 0 Å². The number of phenols is 2. The van der Waals surface area contributed by atoms with Gasteiger partial charge in [0.25, 0.3) is 5.91 Å². The van der Waals surface area contributed by atoms with Crippen molar-refractivity contribution in [2.75, 3.05) is 13.2 Å². The molecule has 0 radical (unpaired) electrons. The molecule has 0 atom stereocenters. The van der Waals surface area contributed by atoms with E-state index in [0.717, 1.165) is 12.1 Å². The molecule has 15 heavy (non-hydrogen) atoms. The summed E-state index contributed by atoms with van der Waals surface area (Å²) in [6.07, 6.45) is 0. The van der Waals surface area contributed by atoms with Gasteiger partial charge in [0, 0.05) is 12.6 Å². The lowest BCUT2D eigenvalue weighted by atomic mass is 10.2. The third-order valence-corrected chi connectivity index (χ3v) is 2.01. The Bertz CT molecular complexity index is 381. The van der Waals surface area contributed by atoms with Crippen LogP contribution < -0.4 is 5.32 Å². The first-order chi connectivity index (χ1) is 7.06. The molecule has 1 amide bonds. The molecule has 1 rings (SSSR count). The van der Waals surface area contributed by atoms with Crippen LogP contribution in [0.4, 0.5) is 0 Å². The van der Waals surface area contributed by atoms with Crippen LogP contribution in [0.15, 0.2) is 12.1 Å². The van der Waals surface area contributed by atoms with E-state index in [2.05, 4.69) is 5.32 Å². The molecule has 0 saturated carbocycles. The van der Waals surface area contributed by atoms with Gasteiger partial charge in [0.05, 0.1) is 17.2 Å². The van der Waals surface area contributed by atoms with E-state index in [1.165, 1.54) is 0 Å². The lowest BCUT2D eigenvalue weighted by Crippen LogP contribution is -2.26. The van der Waals surface area contributed by atoms with Crippen molar-refractivity contribution in [2.45, 2.75) is 0 Å². The topological polar surface area (TPSA) is 89.8 Å². The molecular formula is C9H10ClNO4. The van der Waals surface area contributed by atoms with Crippen molar-refractivity contribution in [3.63, 3.8) is 0 Å². The van der Waals surface area contributed by atoms with Gasteiger partial charge in [-0.05, 0) is 6.07 Å². The van der Waals surface area contributed by atoms with Crippen LogP contribution >= 0.6 is 11.6 Å². The molecule has 5 nitrogen and oxygen atoms in total. The summed E-state index contributed by atoms with van der Waals surface area (Å²) in [4.78, 5) is 11.4. The number of carbonyl (C=O) groups is 1. The summed E-state index contributed by atoms with van der Waals surface area (Å²) in [6, 6.07) is 2.13. The lowest BCUT2D eigenvalue weighted by molar-refractivity contribution is 0.0942. The largest absolute Gasteiger partial charge is 0.507 e. The quantitative estimate of drug-likeness (QED) is 0.609. The maximum atomic E-state index is 11.4. The van der Waals surface area contributed by atoms with Gasteiger partial charge in [-0.2, -0.15) is 0 Å². The first-order valence-corrected chi connectivity index (χ1v) is 4.54. The lowest BCUT2D eigenvalue weighted by Gasteiger charge is -2.06. The second kappa shape index (κ2) is 4.86. The third-order valence-electron chi connectivity index (χ3n) is 1.71. The molecule has 1 aromatic carbocycles. The monoisotopic (exact) mass is 231 g/mol. The number of carbonyl (C=O) groups excluding carboxylic acids is 1. The van der Waals surface area contributed by atoms with Crippen molar-refractivity contribution in [3.05, 3.63) is 22.7 Å². The SMILES string of the molecule is O=C(NCCO)c1cc(Cl)c(O)cc1O. The number of aliphatic hydroxyl groups excluding tert-OH is 1. The maximum absolute atomic E-state index is 11.4. The van der Waals surface area contributed by atoms with Crippen LogP contribution in [0.5, 0.6) is 11.5 Å². The highest BCUT2D eigenvalue weighted by Crippen LogP contribution is 2.30. The number of phenolic OH excluding ortho intramolecular Hbond substituents is 2. The predicted molar refractivity (Wildman–Crippen MR) is 54.2 cm³/mol. The minimum atomic E-state index is -0.566. The highest BCUT2D eigenvalue weighted by atomic mass is 35.5. The number of halogens is 1.